The first kappa shape index (κ1) is 11.2. The van der Waals surface area contributed by atoms with Crippen molar-refractivity contribution in [2.45, 2.75) is 13.5 Å². The van der Waals surface area contributed by atoms with E-state index in [1.807, 2.05) is 31.2 Å². The van der Waals surface area contributed by atoms with Crippen LogP contribution in [0.5, 0.6) is 0 Å². The fourth-order valence-electron chi connectivity index (χ4n) is 1.68. The Morgan fingerprint density at radius 3 is 2.88 bits per heavy atom. The molecule has 88 valence electrons. The van der Waals surface area contributed by atoms with E-state index in [4.69, 9.17) is 10.8 Å². The number of carboxylic acids is 1. The fourth-order valence-corrected chi connectivity index (χ4v) is 1.68. The maximum atomic E-state index is 10.8. The van der Waals surface area contributed by atoms with Crippen LogP contribution in [0.25, 0.3) is 0 Å². The van der Waals surface area contributed by atoms with Crippen molar-refractivity contribution >= 4 is 11.7 Å². The molecule has 0 fully saturated rings. The predicted molar refractivity (Wildman–Crippen MR) is 63.9 cm³/mol. The number of benzene rings is 1. The van der Waals surface area contributed by atoms with Gasteiger partial charge in [-0.25, -0.2) is 4.79 Å². The Kier molecular flexibility index (Phi) is 2.82. The highest BCUT2D eigenvalue weighted by Gasteiger charge is 2.13. The van der Waals surface area contributed by atoms with Gasteiger partial charge in [0.25, 0.3) is 0 Å². The molecular formula is C12H13N3O2. The van der Waals surface area contributed by atoms with Crippen molar-refractivity contribution in [3.63, 3.8) is 0 Å². The van der Waals surface area contributed by atoms with Gasteiger partial charge in [-0.3, -0.25) is 4.68 Å². The maximum absolute atomic E-state index is 10.8. The topological polar surface area (TPSA) is 81.1 Å². The van der Waals surface area contributed by atoms with Crippen molar-refractivity contribution in [1.82, 2.24) is 9.78 Å². The van der Waals surface area contributed by atoms with Crippen LogP contribution in [-0.2, 0) is 6.54 Å². The highest BCUT2D eigenvalue weighted by Crippen LogP contribution is 2.11. The molecule has 0 atom stereocenters. The molecule has 0 aliphatic carbocycles. The third-order valence-electron chi connectivity index (χ3n) is 2.42. The minimum Gasteiger partial charge on any atom is -0.476 e. The monoisotopic (exact) mass is 231 g/mol. The minimum absolute atomic E-state index is 0.0994. The Hall–Kier alpha value is -2.30. The second-order valence-electron chi connectivity index (χ2n) is 3.92. The first-order valence-electron chi connectivity index (χ1n) is 5.18. The molecule has 0 aliphatic heterocycles. The minimum atomic E-state index is -1.11. The number of carboxylic acid groups (broad SMARTS) is 1. The van der Waals surface area contributed by atoms with Gasteiger partial charge >= 0.3 is 5.97 Å². The van der Waals surface area contributed by atoms with Gasteiger partial charge in [-0.15, -0.1) is 0 Å². The standard InChI is InChI=1S/C12H13N3O2/c1-8-3-2-4-9(5-8)6-15-7-10(13)11(14-15)12(16)17/h2-5,7H,6,13H2,1H3,(H,16,17). The Morgan fingerprint density at radius 2 is 2.29 bits per heavy atom. The Balaban J connectivity index is 2.25. The van der Waals surface area contributed by atoms with Crippen LogP contribution < -0.4 is 5.73 Å². The molecule has 0 bridgehead atoms. The van der Waals surface area contributed by atoms with Crippen molar-refractivity contribution in [2.75, 3.05) is 5.73 Å². The van der Waals surface area contributed by atoms with Gasteiger partial charge in [-0.05, 0) is 12.5 Å². The summed E-state index contributed by atoms with van der Waals surface area (Å²) in [5.41, 5.74) is 7.86. The molecule has 3 N–H and O–H groups in total. The van der Waals surface area contributed by atoms with E-state index in [1.165, 1.54) is 10.9 Å². The van der Waals surface area contributed by atoms with E-state index in [0.717, 1.165) is 11.1 Å². The summed E-state index contributed by atoms with van der Waals surface area (Å²) < 4.78 is 1.54. The van der Waals surface area contributed by atoms with Gasteiger partial charge in [0, 0.05) is 6.20 Å². The van der Waals surface area contributed by atoms with Crippen LogP contribution in [0.3, 0.4) is 0 Å². The number of nitrogen functional groups attached to an aromatic ring is 1. The Labute approximate surface area is 98.5 Å². The lowest BCUT2D eigenvalue weighted by atomic mass is 10.1. The van der Waals surface area contributed by atoms with Gasteiger partial charge < -0.3 is 10.8 Å². The molecule has 2 rings (SSSR count). The first-order chi connectivity index (χ1) is 8.06. The zero-order chi connectivity index (χ0) is 12.4. The SMILES string of the molecule is Cc1cccc(Cn2cc(N)c(C(=O)O)n2)c1. The van der Waals surface area contributed by atoms with Crippen LogP contribution in [-0.4, -0.2) is 20.9 Å². The van der Waals surface area contributed by atoms with Crippen molar-refractivity contribution in [1.29, 1.82) is 0 Å². The Bertz CT molecular complexity index is 561. The van der Waals surface area contributed by atoms with Crippen LogP contribution in [0.2, 0.25) is 0 Å². The van der Waals surface area contributed by atoms with Gasteiger partial charge in [-0.1, -0.05) is 29.8 Å². The highest BCUT2D eigenvalue weighted by atomic mass is 16.4. The molecule has 17 heavy (non-hydrogen) atoms. The summed E-state index contributed by atoms with van der Waals surface area (Å²) in [7, 11) is 0. The van der Waals surface area contributed by atoms with Crippen LogP contribution in [0.15, 0.2) is 30.5 Å². The summed E-state index contributed by atoms with van der Waals surface area (Å²) in [6.07, 6.45) is 1.53. The fraction of sp³-hybridized carbons (Fsp3) is 0.167. The van der Waals surface area contributed by atoms with Crippen LogP contribution in [0, 0.1) is 6.92 Å². The summed E-state index contributed by atoms with van der Waals surface area (Å²) in [6.45, 7) is 2.52. The van der Waals surface area contributed by atoms with E-state index in [0.29, 0.717) is 6.54 Å². The van der Waals surface area contributed by atoms with E-state index in [1.54, 1.807) is 0 Å². The van der Waals surface area contributed by atoms with E-state index in [9.17, 15) is 4.79 Å². The summed E-state index contributed by atoms with van der Waals surface area (Å²) in [5, 5.41) is 12.8. The molecule has 0 amide bonds. The second kappa shape index (κ2) is 4.29. The van der Waals surface area contributed by atoms with Crippen molar-refractivity contribution in [3.8, 4) is 0 Å². The molecule has 0 aliphatic rings. The number of rotatable bonds is 3. The molecule has 5 nitrogen and oxygen atoms in total. The van der Waals surface area contributed by atoms with Gasteiger partial charge in [0.2, 0.25) is 0 Å². The molecule has 1 aromatic heterocycles. The molecule has 0 saturated carbocycles. The summed E-state index contributed by atoms with van der Waals surface area (Å²) in [5.74, 6) is -1.11. The average molecular weight is 231 g/mol. The van der Waals surface area contributed by atoms with E-state index in [-0.39, 0.29) is 11.4 Å². The number of hydrogen-bond donors (Lipinski definition) is 2. The molecule has 1 aromatic carbocycles. The number of aryl methyl sites for hydroxylation is 1. The zero-order valence-corrected chi connectivity index (χ0v) is 9.42. The average Bonchev–Trinajstić information content (AvgIpc) is 2.59. The number of hydrogen-bond acceptors (Lipinski definition) is 3. The van der Waals surface area contributed by atoms with Gasteiger partial charge in [0.1, 0.15) is 0 Å². The van der Waals surface area contributed by atoms with E-state index in [2.05, 4.69) is 5.10 Å². The lowest BCUT2D eigenvalue weighted by Gasteiger charge is -2.02. The van der Waals surface area contributed by atoms with E-state index < -0.39 is 5.97 Å². The largest absolute Gasteiger partial charge is 0.476 e. The number of nitrogens with two attached hydrogens (primary N) is 1. The summed E-state index contributed by atoms with van der Waals surface area (Å²) >= 11 is 0. The lowest BCUT2D eigenvalue weighted by Crippen LogP contribution is -2.04. The molecule has 0 unspecified atom stereocenters. The van der Waals surface area contributed by atoms with Crippen molar-refractivity contribution in [2.24, 2.45) is 0 Å². The van der Waals surface area contributed by atoms with Gasteiger partial charge in [-0.2, -0.15) is 5.10 Å². The second-order valence-corrected chi connectivity index (χ2v) is 3.92. The van der Waals surface area contributed by atoms with Crippen LogP contribution in [0.1, 0.15) is 21.6 Å². The van der Waals surface area contributed by atoms with Gasteiger partial charge in [0.05, 0.1) is 12.2 Å². The van der Waals surface area contributed by atoms with Crippen molar-refractivity contribution < 1.29 is 9.90 Å². The predicted octanol–water partition coefficient (Wildman–Crippen LogP) is 1.52. The van der Waals surface area contributed by atoms with Crippen molar-refractivity contribution in [3.05, 3.63) is 47.3 Å². The number of anilines is 1. The molecule has 2 aromatic rings. The third kappa shape index (κ3) is 2.44. The third-order valence-corrected chi connectivity index (χ3v) is 2.42. The van der Waals surface area contributed by atoms with Gasteiger partial charge in [0.15, 0.2) is 5.69 Å². The number of aromatic nitrogens is 2. The first-order valence-corrected chi connectivity index (χ1v) is 5.18. The van der Waals surface area contributed by atoms with Crippen LogP contribution in [0.4, 0.5) is 5.69 Å². The zero-order valence-electron chi connectivity index (χ0n) is 9.42. The highest BCUT2D eigenvalue weighted by molar-refractivity contribution is 5.91. The quantitative estimate of drug-likeness (QED) is 0.839. The number of nitrogens with zero attached hydrogens (tertiary/aromatic N) is 2. The maximum Gasteiger partial charge on any atom is 0.358 e. The summed E-state index contributed by atoms with van der Waals surface area (Å²) in [6, 6.07) is 7.95. The van der Waals surface area contributed by atoms with E-state index >= 15 is 0 Å². The molecule has 5 heteroatoms. The number of carbonyl (C=O) groups is 1. The molecule has 0 spiro atoms. The summed E-state index contributed by atoms with van der Waals surface area (Å²) in [4.78, 5) is 10.8. The Morgan fingerprint density at radius 1 is 1.53 bits per heavy atom. The normalized spacial score (nSPS) is 10.4. The lowest BCUT2D eigenvalue weighted by molar-refractivity contribution is 0.0690. The molecular weight excluding hydrogens is 218 g/mol. The number of aromatic carboxylic acids is 1. The molecule has 0 radical (unpaired) electrons. The smallest absolute Gasteiger partial charge is 0.358 e. The molecule has 1 heterocycles. The van der Waals surface area contributed by atoms with Crippen LogP contribution >= 0.6 is 0 Å². The molecule has 0 saturated heterocycles.